The van der Waals surface area contributed by atoms with Crippen molar-refractivity contribution in [3.05, 3.63) is 35.1 Å². The van der Waals surface area contributed by atoms with E-state index in [4.69, 9.17) is 5.73 Å². The molecule has 0 radical (unpaired) electrons. The van der Waals surface area contributed by atoms with Gasteiger partial charge in [-0.2, -0.15) is 0 Å². The van der Waals surface area contributed by atoms with Crippen LogP contribution in [0.2, 0.25) is 0 Å². The molecule has 0 amide bonds. The van der Waals surface area contributed by atoms with Crippen LogP contribution in [0.15, 0.2) is 35.1 Å². The van der Waals surface area contributed by atoms with E-state index in [1.54, 1.807) is 0 Å². The van der Waals surface area contributed by atoms with E-state index in [0.717, 1.165) is 31.5 Å². The van der Waals surface area contributed by atoms with Crippen LogP contribution in [0, 0.1) is 0 Å². The largest absolute Gasteiger partial charge is 0.399 e. The van der Waals surface area contributed by atoms with E-state index in [0.29, 0.717) is 6.04 Å². The predicted molar refractivity (Wildman–Crippen MR) is 59.8 cm³/mol. The number of likely N-dealkylation sites (N-methyl/N-ethyl adjacent to an activating group) is 1. The Morgan fingerprint density at radius 3 is 3.21 bits per heavy atom. The second kappa shape index (κ2) is 4.01. The van der Waals surface area contributed by atoms with E-state index in [2.05, 4.69) is 30.5 Å². The molecule has 0 fully saturated rings. The Bertz CT molecular complexity index is 310. The summed E-state index contributed by atoms with van der Waals surface area (Å²) >= 11 is 0. The average Bonchev–Trinajstić information content (AvgIpc) is 2.19. The predicted octanol–water partition coefficient (Wildman–Crippen LogP) is 1.86. The zero-order chi connectivity index (χ0) is 9.97. The molecular formula is C12H18N2. The summed E-state index contributed by atoms with van der Waals surface area (Å²) in [6.45, 7) is 3.14. The van der Waals surface area contributed by atoms with Gasteiger partial charge in [-0.15, -0.1) is 0 Å². The topological polar surface area (TPSA) is 38.0 Å². The van der Waals surface area contributed by atoms with Crippen LogP contribution < -0.4 is 11.1 Å². The monoisotopic (exact) mass is 190 g/mol. The molecule has 2 nitrogen and oxygen atoms in total. The van der Waals surface area contributed by atoms with Gasteiger partial charge in [0.05, 0.1) is 0 Å². The van der Waals surface area contributed by atoms with E-state index in [-0.39, 0.29) is 0 Å². The molecule has 2 aliphatic rings. The maximum absolute atomic E-state index is 6.04. The minimum absolute atomic E-state index is 0.441. The van der Waals surface area contributed by atoms with Gasteiger partial charge in [0.15, 0.2) is 0 Å². The van der Waals surface area contributed by atoms with E-state index >= 15 is 0 Å². The highest BCUT2D eigenvalue weighted by atomic mass is 14.9. The van der Waals surface area contributed by atoms with Crippen molar-refractivity contribution >= 4 is 0 Å². The van der Waals surface area contributed by atoms with Crippen molar-refractivity contribution in [1.82, 2.24) is 5.32 Å². The lowest BCUT2D eigenvalue weighted by atomic mass is 9.85. The number of nitrogens with one attached hydrogen (secondary N) is 1. The highest BCUT2D eigenvalue weighted by molar-refractivity contribution is 5.47. The van der Waals surface area contributed by atoms with Crippen molar-refractivity contribution < 1.29 is 0 Å². The number of allylic oxidation sites excluding steroid dienone is 3. The minimum atomic E-state index is 0.441. The van der Waals surface area contributed by atoms with Crippen LogP contribution in [0.5, 0.6) is 0 Å². The molecule has 0 aliphatic heterocycles. The van der Waals surface area contributed by atoms with Crippen LogP contribution in [0.4, 0.5) is 0 Å². The molecule has 0 heterocycles. The third-order valence-electron chi connectivity index (χ3n) is 2.92. The van der Waals surface area contributed by atoms with Gasteiger partial charge in [0, 0.05) is 11.7 Å². The Morgan fingerprint density at radius 2 is 2.43 bits per heavy atom. The van der Waals surface area contributed by atoms with E-state index < -0.39 is 0 Å². The van der Waals surface area contributed by atoms with Gasteiger partial charge in [-0.1, -0.05) is 25.2 Å². The first kappa shape index (κ1) is 9.53. The zero-order valence-electron chi connectivity index (χ0n) is 8.72. The van der Waals surface area contributed by atoms with Gasteiger partial charge in [-0.05, 0) is 37.0 Å². The first-order valence-corrected chi connectivity index (χ1v) is 5.42. The third-order valence-corrected chi connectivity index (χ3v) is 2.92. The minimum Gasteiger partial charge on any atom is -0.399 e. The smallest absolute Gasteiger partial charge is 0.0378 e. The quantitative estimate of drug-likeness (QED) is 0.697. The van der Waals surface area contributed by atoms with Crippen LogP contribution in [0.25, 0.3) is 0 Å². The molecule has 2 rings (SSSR count). The Kier molecular flexibility index (Phi) is 2.73. The molecule has 3 N–H and O–H groups in total. The van der Waals surface area contributed by atoms with Gasteiger partial charge in [0.25, 0.3) is 0 Å². The second-order valence-corrected chi connectivity index (χ2v) is 3.89. The summed E-state index contributed by atoms with van der Waals surface area (Å²) in [5, 5.41) is 3.48. The van der Waals surface area contributed by atoms with Crippen molar-refractivity contribution in [3.8, 4) is 0 Å². The average molecular weight is 190 g/mol. The zero-order valence-corrected chi connectivity index (χ0v) is 8.72. The fraction of sp³-hybridized carbons (Fsp3) is 0.500. The summed E-state index contributed by atoms with van der Waals surface area (Å²) in [4.78, 5) is 0. The summed E-state index contributed by atoms with van der Waals surface area (Å²) in [7, 11) is 0. The highest BCUT2D eigenvalue weighted by Crippen LogP contribution is 2.30. The Morgan fingerprint density at radius 1 is 1.57 bits per heavy atom. The van der Waals surface area contributed by atoms with Crippen LogP contribution in [0.1, 0.15) is 26.2 Å². The molecule has 0 spiro atoms. The number of nitrogens with two attached hydrogens (primary N) is 1. The van der Waals surface area contributed by atoms with Gasteiger partial charge >= 0.3 is 0 Å². The SMILES string of the molecule is CCNC1CC=CC2=C1C(N)=CCC2. The van der Waals surface area contributed by atoms with Crippen molar-refractivity contribution in [1.29, 1.82) is 0 Å². The molecule has 0 bridgehead atoms. The standard InChI is InChI=1S/C12H18N2/c1-2-14-11-8-4-6-9-5-3-7-10(13)12(9)11/h4,6-7,11,14H,2-3,5,8,13H2,1H3. The fourth-order valence-electron chi connectivity index (χ4n) is 2.31. The Hall–Kier alpha value is -1.02. The summed E-state index contributed by atoms with van der Waals surface area (Å²) in [6, 6.07) is 0.441. The Balaban J connectivity index is 2.28. The number of rotatable bonds is 2. The van der Waals surface area contributed by atoms with Crippen LogP contribution in [-0.4, -0.2) is 12.6 Å². The van der Waals surface area contributed by atoms with Gasteiger partial charge in [0.2, 0.25) is 0 Å². The molecule has 0 saturated heterocycles. The summed E-state index contributed by atoms with van der Waals surface area (Å²) in [5.74, 6) is 0. The maximum atomic E-state index is 6.04. The molecule has 2 aliphatic carbocycles. The molecule has 0 saturated carbocycles. The van der Waals surface area contributed by atoms with E-state index in [9.17, 15) is 0 Å². The van der Waals surface area contributed by atoms with Gasteiger partial charge in [-0.25, -0.2) is 0 Å². The van der Waals surface area contributed by atoms with Crippen molar-refractivity contribution in [3.63, 3.8) is 0 Å². The highest BCUT2D eigenvalue weighted by Gasteiger charge is 2.22. The lowest BCUT2D eigenvalue weighted by Gasteiger charge is -2.28. The van der Waals surface area contributed by atoms with Crippen LogP contribution >= 0.6 is 0 Å². The fourth-order valence-corrected chi connectivity index (χ4v) is 2.31. The van der Waals surface area contributed by atoms with E-state index in [1.165, 1.54) is 11.1 Å². The molecule has 2 heteroatoms. The third kappa shape index (κ3) is 1.62. The van der Waals surface area contributed by atoms with Crippen LogP contribution in [-0.2, 0) is 0 Å². The lowest BCUT2D eigenvalue weighted by molar-refractivity contribution is 0.583. The van der Waals surface area contributed by atoms with Crippen molar-refractivity contribution in [2.75, 3.05) is 6.54 Å². The first-order valence-electron chi connectivity index (χ1n) is 5.42. The molecule has 0 aromatic rings. The summed E-state index contributed by atoms with van der Waals surface area (Å²) in [5.41, 5.74) is 9.81. The van der Waals surface area contributed by atoms with Gasteiger partial charge in [-0.3, -0.25) is 0 Å². The van der Waals surface area contributed by atoms with E-state index in [1.807, 2.05) is 0 Å². The lowest BCUT2D eigenvalue weighted by Crippen LogP contribution is -2.35. The Labute approximate surface area is 85.6 Å². The van der Waals surface area contributed by atoms with Gasteiger partial charge < -0.3 is 11.1 Å². The number of hydrogen-bond acceptors (Lipinski definition) is 2. The number of hydrogen-bond donors (Lipinski definition) is 2. The molecule has 76 valence electrons. The molecule has 1 atom stereocenters. The normalized spacial score (nSPS) is 26.1. The van der Waals surface area contributed by atoms with Gasteiger partial charge in [0.1, 0.15) is 0 Å². The molecule has 0 aromatic heterocycles. The molecule has 0 aromatic carbocycles. The molecule has 1 unspecified atom stereocenters. The summed E-state index contributed by atoms with van der Waals surface area (Å²) < 4.78 is 0. The maximum Gasteiger partial charge on any atom is 0.0378 e. The van der Waals surface area contributed by atoms with Crippen LogP contribution in [0.3, 0.4) is 0 Å². The summed E-state index contributed by atoms with van der Waals surface area (Å²) in [6.07, 6.45) is 9.96. The second-order valence-electron chi connectivity index (χ2n) is 3.89. The van der Waals surface area contributed by atoms with Crippen molar-refractivity contribution in [2.24, 2.45) is 5.73 Å². The molecule has 14 heavy (non-hydrogen) atoms. The first-order chi connectivity index (χ1) is 6.83. The van der Waals surface area contributed by atoms with Crippen molar-refractivity contribution in [2.45, 2.75) is 32.2 Å². The molecular weight excluding hydrogens is 172 g/mol.